The average Bonchev–Trinajstić information content (AvgIpc) is 2.17. The lowest BCUT2D eigenvalue weighted by Gasteiger charge is -2.12. The van der Waals surface area contributed by atoms with E-state index in [0.29, 0.717) is 10.8 Å². The van der Waals surface area contributed by atoms with Gasteiger partial charge in [-0.15, -0.1) is 0 Å². The molecule has 1 aromatic rings. The fourth-order valence-electron chi connectivity index (χ4n) is 1.02. The third-order valence-electron chi connectivity index (χ3n) is 1.68. The van der Waals surface area contributed by atoms with Gasteiger partial charge in [0.2, 0.25) is 0 Å². The molecule has 1 rings (SSSR count). The highest BCUT2D eigenvalue weighted by atomic mass is 79.9. The van der Waals surface area contributed by atoms with Crippen LogP contribution in [0, 0.1) is 0 Å². The Bertz CT molecular complexity index is 320. The number of rotatable bonds is 5. The second-order valence-corrected chi connectivity index (χ2v) is 4.32. The number of hydrogen-bond donors (Lipinski definition) is 1. The Hall–Kier alpha value is -0.290. The highest BCUT2D eigenvalue weighted by molar-refractivity contribution is 9.10. The zero-order valence-corrected chi connectivity index (χ0v) is 10.6. The molecule has 0 bridgehead atoms. The number of ether oxygens (including phenoxy) is 2. The van der Waals surface area contributed by atoms with Gasteiger partial charge in [-0.25, -0.2) is 0 Å². The van der Waals surface area contributed by atoms with Gasteiger partial charge < -0.3 is 14.6 Å². The van der Waals surface area contributed by atoms with Crippen molar-refractivity contribution >= 4 is 27.5 Å². The van der Waals surface area contributed by atoms with Crippen molar-refractivity contribution in [2.45, 2.75) is 6.10 Å². The van der Waals surface area contributed by atoms with Crippen LogP contribution in [0.25, 0.3) is 0 Å². The molecule has 1 aromatic carbocycles. The SMILES string of the molecule is COC[C@@H](O)COc1ccc(Br)cc1Cl. The smallest absolute Gasteiger partial charge is 0.138 e. The minimum absolute atomic E-state index is 0.162. The Morgan fingerprint density at radius 3 is 2.80 bits per heavy atom. The van der Waals surface area contributed by atoms with Crippen molar-refractivity contribution in [3.05, 3.63) is 27.7 Å². The van der Waals surface area contributed by atoms with Crippen molar-refractivity contribution in [3.63, 3.8) is 0 Å². The second kappa shape index (κ2) is 6.33. The molecular formula is C10H12BrClO3. The summed E-state index contributed by atoms with van der Waals surface area (Å²) in [6.45, 7) is 0.406. The molecule has 0 saturated carbocycles. The van der Waals surface area contributed by atoms with E-state index in [0.717, 1.165) is 4.47 Å². The summed E-state index contributed by atoms with van der Waals surface area (Å²) in [5.41, 5.74) is 0. The van der Waals surface area contributed by atoms with Crippen LogP contribution in [0.3, 0.4) is 0 Å². The minimum atomic E-state index is -0.644. The monoisotopic (exact) mass is 294 g/mol. The van der Waals surface area contributed by atoms with Crippen molar-refractivity contribution < 1.29 is 14.6 Å². The van der Waals surface area contributed by atoms with E-state index in [1.54, 1.807) is 12.1 Å². The first kappa shape index (κ1) is 12.8. The fourth-order valence-corrected chi connectivity index (χ4v) is 1.75. The Balaban J connectivity index is 2.50. The summed E-state index contributed by atoms with van der Waals surface area (Å²) in [4.78, 5) is 0. The van der Waals surface area contributed by atoms with Crippen LogP contribution in [-0.4, -0.2) is 31.5 Å². The van der Waals surface area contributed by atoms with Gasteiger partial charge >= 0.3 is 0 Å². The maximum Gasteiger partial charge on any atom is 0.138 e. The van der Waals surface area contributed by atoms with E-state index in [2.05, 4.69) is 15.9 Å². The Labute approximate surface area is 102 Å². The third kappa shape index (κ3) is 4.38. The largest absolute Gasteiger partial charge is 0.489 e. The number of hydrogen-bond acceptors (Lipinski definition) is 3. The molecule has 15 heavy (non-hydrogen) atoms. The van der Waals surface area contributed by atoms with E-state index in [-0.39, 0.29) is 13.2 Å². The number of aliphatic hydroxyl groups excluding tert-OH is 1. The summed E-state index contributed by atoms with van der Waals surface area (Å²) < 4.78 is 11.0. The predicted octanol–water partition coefficient (Wildman–Crippen LogP) is 2.49. The number of methoxy groups -OCH3 is 1. The quantitative estimate of drug-likeness (QED) is 0.907. The molecule has 0 fully saturated rings. The first-order valence-corrected chi connectivity index (χ1v) is 5.55. The lowest BCUT2D eigenvalue weighted by molar-refractivity contribution is 0.0326. The topological polar surface area (TPSA) is 38.7 Å². The second-order valence-electron chi connectivity index (χ2n) is 2.99. The van der Waals surface area contributed by atoms with Crippen LogP contribution in [0.15, 0.2) is 22.7 Å². The lowest BCUT2D eigenvalue weighted by atomic mass is 10.3. The molecule has 3 nitrogen and oxygen atoms in total. The Morgan fingerprint density at radius 2 is 2.20 bits per heavy atom. The van der Waals surface area contributed by atoms with Gasteiger partial charge in [0.15, 0.2) is 0 Å². The molecule has 0 aromatic heterocycles. The van der Waals surface area contributed by atoms with Crippen LogP contribution in [0.5, 0.6) is 5.75 Å². The van der Waals surface area contributed by atoms with Crippen LogP contribution in [-0.2, 0) is 4.74 Å². The van der Waals surface area contributed by atoms with E-state index in [1.807, 2.05) is 6.07 Å². The summed E-state index contributed by atoms with van der Waals surface area (Å²) in [5.74, 6) is 0.551. The Morgan fingerprint density at radius 1 is 1.47 bits per heavy atom. The van der Waals surface area contributed by atoms with Gasteiger partial charge in [-0.3, -0.25) is 0 Å². The summed E-state index contributed by atoms with van der Waals surface area (Å²) in [6, 6.07) is 5.30. The average molecular weight is 296 g/mol. The maximum atomic E-state index is 9.35. The standard InChI is InChI=1S/C10H12BrClO3/c1-14-5-8(13)6-15-10-3-2-7(11)4-9(10)12/h2-4,8,13H,5-6H2,1H3/t8-/m1/s1. The third-order valence-corrected chi connectivity index (χ3v) is 2.47. The van der Waals surface area contributed by atoms with E-state index in [4.69, 9.17) is 21.1 Å². The first-order chi connectivity index (χ1) is 7.13. The molecule has 0 amide bonds. The molecule has 1 atom stereocenters. The van der Waals surface area contributed by atoms with Gasteiger partial charge in [0.1, 0.15) is 18.5 Å². The van der Waals surface area contributed by atoms with Gasteiger partial charge in [-0.05, 0) is 18.2 Å². The van der Waals surface area contributed by atoms with Gasteiger partial charge in [-0.2, -0.15) is 0 Å². The molecule has 5 heteroatoms. The molecule has 0 spiro atoms. The van der Waals surface area contributed by atoms with Crippen molar-refractivity contribution in [2.75, 3.05) is 20.3 Å². The van der Waals surface area contributed by atoms with E-state index >= 15 is 0 Å². The number of aliphatic hydroxyl groups is 1. The zero-order chi connectivity index (χ0) is 11.3. The van der Waals surface area contributed by atoms with E-state index in [9.17, 15) is 5.11 Å². The normalized spacial score (nSPS) is 12.5. The first-order valence-electron chi connectivity index (χ1n) is 4.38. The van der Waals surface area contributed by atoms with Crippen molar-refractivity contribution in [1.29, 1.82) is 0 Å². The van der Waals surface area contributed by atoms with Crippen LogP contribution in [0.1, 0.15) is 0 Å². The highest BCUT2D eigenvalue weighted by Gasteiger charge is 2.07. The van der Waals surface area contributed by atoms with Crippen molar-refractivity contribution in [3.8, 4) is 5.75 Å². The van der Waals surface area contributed by atoms with Crippen molar-refractivity contribution in [1.82, 2.24) is 0 Å². The van der Waals surface area contributed by atoms with Gasteiger partial charge in [0.25, 0.3) is 0 Å². The number of benzene rings is 1. The highest BCUT2D eigenvalue weighted by Crippen LogP contribution is 2.27. The van der Waals surface area contributed by atoms with Gasteiger partial charge in [0, 0.05) is 11.6 Å². The molecular weight excluding hydrogens is 283 g/mol. The molecule has 0 aliphatic heterocycles. The lowest BCUT2D eigenvalue weighted by Crippen LogP contribution is -2.22. The van der Waals surface area contributed by atoms with E-state index in [1.165, 1.54) is 7.11 Å². The summed E-state index contributed by atoms with van der Waals surface area (Å²) in [7, 11) is 1.52. The fraction of sp³-hybridized carbons (Fsp3) is 0.400. The van der Waals surface area contributed by atoms with E-state index < -0.39 is 6.10 Å². The van der Waals surface area contributed by atoms with Gasteiger partial charge in [-0.1, -0.05) is 27.5 Å². The molecule has 0 heterocycles. The molecule has 0 saturated heterocycles. The maximum absolute atomic E-state index is 9.35. The molecule has 0 aliphatic carbocycles. The molecule has 0 radical (unpaired) electrons. The minimum Gasteiger partial charge on any atom is -0.489 e. The van der Waals surface area contributed by atoms with Crippen LogP contribution >= 0.6 is 27.5 Å². The summed E-state index contributed by atoms with van der Waals surface area (Å²) in [6.07, 6.45) is -0.644. The van der Waals surface area contributed by atoms with Crippen LogP contribution < -0.4 is 4.74 Å². The molecule has 1 N–H and O–H groups in total. The summed E-state index contributed by atoms with van der Waals surface area (Å²) in [5, 5.41) is 9.86. The molecule has 0 unspecified atom stereocenters. The van der Waals surface area contributed by atoms with Crippen LogP contribution in [0.2, 0.25) is 5.02 Å². The predicted molar refractivity (Wildman–Crippen MR) is 62.5 cm³/mol. The zero-order valence-electron chi connectivity index (χ0n) is 8.24. The summed E-state index contributed by atoms with van der Waals surface area (Å²) >= 11 is 9.21. The van der Waals surface area contributed by atoms with Crippen molar-refractivity contribution in [2.24, 2.45) is 0 Å². The van der Waals surface area contributed by atoms with Gasteiger partial charge in [0.05, 0.1) is 11.6 Å². The number of halogens is 2. The van der Waals surface area contributed by atoms with Crippen LogP contribution in [0.4, 0.5) is 0 Å². The molecule has 0 aliphatic rings. The Kier molecular flexibility index (Phi) is 5.39. The molecule has 84 valence electrons.